The highest BCUT2D eigenvalue weighted by Crippen LogP contribution is 2.12. The van der Waals surface area contributed by atoms with Crippen LogP contribution in [0.2, 0.25) is 0 Å². The van der Waals surface area contributed by atoms with E-state index in [4.69, 9.17) is 0 Å². The average Bonchev–Trinajstić information content (AvgIpc) is 2.29. The molecule has 17 heavy (non-hydrogen) atoms. The van der Waals surface area contributed by atoms with Gasteiger partial charge in [-0.2, -0.15) is 4.98 Å². The first-order chi connectivity index (χ1) is 8.13. The Bertz CT molecular complexity index is 384. The molecule has 1 unspecified atom stereocenters. The first-order valence-electron chi connectivity index (χ1n) is 5.75. The van der Waals surface area contributed by atoms with Crippen LogP contribution in [0.15, 0.2) is 6.20 Å². The van der Waals surface area contributed by atoms with Gasteiger partial charge in [-0.05, 0) is 13.3 Å². The molecule has 1 heterocycles. The van der Waals surface area contributed by atoms with Crippen molar-refractivity contribution in [2.24, 2.45) is 0 Å². The molecule has 1 aromatic heterocycles. The van der Waals surface area contributed by atoms with E-state index < -0.39 is 10.8 Å². The lowest BCUT2D eigenvalue weighted by Gasteiger charge is -2.09. The van der Waals surface area contributed by atoms with E-state index in [1.807, 2.05) is 6.92 Å². The highest BCUT2D eigenvalue weighted by molar-refractivity contribution is 7.84. The van der Waals surface area contributed by atoms with Crippen LogP contribution < -0.4 is 10.6 Å². The third-order valence-corrected chi connectivity index (χ3v) is 2.97. The number of nitrogens with one attached hydrogen (secondary N) is 2. The number of rotatable bonds is 7. The van der Waals surface area contributed by atoms with Gasteiger partial charge in [0.15, 0.2) is 0 Å². The van der Waals surface area contributed by atoms with Crippen molar-refractivity contribution < 1.29 is 4.21 Å². The van der Waals surface area contributed by atoms with Crippen molar-refractivity contribution >= 4 is 22.6 Å². The minimum Gasteiger partial charge on any atom is -0.369 e. The Morgan fingerprint density at radius 2 is 2.12 bits per heavy atom. The van der Waals surface area contributed by atoms with E-state index in [-0.39, 0.29) is 0 Å². The van der Waals surface area contributed by atoms with E-state index in [9.17, 15) is 4.21 Å². The topological polar surface area (TPSA) is 66.9 Å². The van der Waals surface area contributed by atoms with E-state index in [1.165, 1.54) is 0 Å². The molecule has 0 aliphatic carbocycles. The van der Waals surface area contributed by atoms with Crippen LogP contribution in [-0.4, -0.2) is 39.3 Å². The Morgan fingerprint density at radius 1 is 1.35 bits per heavy atom. The molecular weight excluding hydrogens is 236 g/mol. The van der Waals surface area contributed by atoms with Crippen molar-refractivity contribution in [2.45, 2.75) is 20.3 Å². The van der Waals surface area contributed by atoms with Crippen LogP contribution in [-0.2, 0) is 10.8 Å². The summed E-state index contributed by atoms with van der Waals surface area (Å²) in [5.41, 5.74) is 0.994. The molecule has 0 aliphatic heterocycles. The maximum atomic E-state index is 11.0. The Labute approximate surface area is 105 Å². The fraction of sp³-hybridized carbons (Fsp3) is 0.636. The molecule has 0 saturated carbocycles. The third-order valence-electron chi connectivity index (χ3n) is 2.19. The lowest BCUT2D eigenvalue weighted by molar-refractivity contribution is 0.687. The summed E-state index contributed by atoms with van der Waals surface area (Å²) in [7, 11) is -0.778. The van der Waals surface area contributed by atoms with Gasteiger partial charge in [0.05, 0.1) is 0 Å². The minimum atomic E-state index is -0.778. The van der Waals surface area contributed by atoms with Crippen LogP contribution in [0, 0.1) is 6.92 Å². The van der Waals surface area contributed by atoms with Gasteiger partial charge in [-0.1, -0.05) is 6.92 Å². The second kappa shape index (κ2) is 7.21. The van der Waals surface area contributed by atoms with Gasteiger partial charge in [0.25, 0.3) is 0 Å². The van der Waals surface area contributed by atoms with Crippen molar-refractivity contribution in [2.75, 3.05) is 35.7 Å². The van der Waals surface area contributed by atoms with Crippen molar-refractivity contribution in [1.29, 1.82) is 0 Å². The number of anilines is 2. The van der Waals surface area contributed by atoms with Crippen molar-refractivity contribution in [3.8, 4) is 0 Å². The van der Waals surface area contributed by atoms with Crippen LogP contribution >= 0.6 is 0 Å². The van der Waals surface area contributed by atoms with Gasteiger partial charge in [-0.15, -0.1) is 0 Å². The van der Waals surface area contributed by atoms with Crippen LogP contribution in [0.1, 0.15) is 18.9 Å². The maximum absolute atomic E-state index is 11.0. The number of nitrogens with zero attached hydrogens (tertiary/aromatic N) is 2. The molecule has 0 aliphatic rings. The van der Waals surface area contributed by atoms with Gasteiger partial charge in [0.1, 0.15) is 5.82 Å². The Morgan fingerprint density at radius 3 is 2.76 bits per heavy atom. The van der Waals surface area contributed by atoms with E-state index in [0.29, 0.717) is 18.2 Å². The molecule has 1 aromatic rings. The molecule has 0 bridgehead atoms. The smallest absolute Gasteiger partial charge is 0.224 e. The molecule has 0 saturated heterocycles. The summed E-state index contributed by atoms with van der Waals surface area (Å²) < 4.78 is 11.0. The Balaban J connectivity index is 2.59. The van der Waals surface area contributed by atoms with Crippen molar-refractivity contribution in [3.63, 3.8) is 0 Å². The number of hydrogen-bond donors (Lipinski definition) is 2. The van der Waals surface area contributed by atoms with Crippen LogP contribution in [0.25, 0.3) is 0 Å². The fourth-order valence-electron chi connectivity index (χ4n) is 1.26. The molecule has 1 atom stereocenters. The number of aromatic nitrogens is 2. The lowest BCUT2D eigenvalue weighted by Crippen LogP contribution is -2.13. The number of hydrogen-bond acceptors (Lipinski definition) is 5. The SMILES string of the molecule is CCCNc1ncc(C)c(NCCS(C)=O)n1. The molecule has 0 radical (unpaired) electrons. The first kappa shape index (κ1) is 13.9. The second-order valence-electron chi connectivity index (χ2n) is 3.86. The van der Waals surface area contributed by atoms with Crippen molar-refractivity contribution in [3.05, 3.63) is 11.8 Å². The number of aryl methyl sites for hydroxylation is 1. The minimum absolute atomic E-state index is 0.626. The van der Waals surface area contributed by atoms with Gasteiger partial charge in [0, 0.05) is 47.7 Å². The van der Waals surface area contributed by atoms with E-state index in [2.05, 4.69) is 27.5 Å². The first-order valence-corrected chi connectivity index (χ1v) is 7.47. The molecular formula is C11H20N4OS. The molecule has 1 rings (SSSR count). The summed E-state index contributed by atoms with van der Waals surface area (Å²) in [5.74, 6) is 2.07. The fourth-order valence-corrected chi connectivity index (χ4v) is 1.65. The summed E-state index contributed by atoms with van der Waals surface area (Å²) in [6.45, 7) is 5.57. The molecule has 0 spiro atoms. The predicted molar refractivity (Wildman–Crippen MR) is 73.0 cm³/mol. The highest BCUT2D eigenvalue weighted by Gasteiger charge is 2.03. The molecule has 5 nitrogen and oxygen atoms in total. The largest absolute Gasteiger partial charge is 0.369 e. The van der Waals surface area contributed by atoms with Crippen LogP contribution in [0.5, 0.6) is 0 Å². The molecule has 0 fully saturated rings. The predicted octanol–water partition coefficient (Wildman–Crippen LogP) is 1.40. The van der Waals surface area contributed by atoms with Gasteiger partial charge in [0.2, 0.25) is 5.95 Å². The highest BCUT2D eigenvalue weighted by atomic mass is 32.2. The second-order valence-corrected chi connectivity index (χ2v) is 5.41. The van der Waals surface area contributed by atoms with E-state index in [0.717, 1.165) is 24.3 Å². The molecule has 0 amide bonds. The van der Waals surface area contributed by atoms with Gasteiger partial charge in [-0.25, -0.2) is 4.98 Å². The molecule has 96 valence electrons. The average molecular weight is 256 g/mol. The Hall–Kier alpha value is -1.17. The zero-order valence-corrected chi connectivity index (χ0v) is 11.4. The quantitative estimate of drug-likeness (QED) is 0.772. The third kappa shape index (κ3) is 5.12. The van der Waals surface area contributed by atoms with Crippen LogP contribution in [0.4, 0.5) is 11.8 Å². The summed E-state index contributed by atoms with van der Waals surface area (Å²) in [4.78, 5) is 8.57. The molecule has 0 aromatic carbocycles. The Kier molecular flexibility index (Phi) is 5.90. The van der Waals surface area contributed by atoms with Crippen molar-refractivity contribution in [1.82, 2.24) is 9.97 Å². The normalized spacial score (nSPS) is 12.2. The summed E-state index contributed by atoms with van der Waals surface area (Å²) >= 11 is 0. The van der Waals surface area contributed by atoms with Crippen LogP contribution in [0.3, 0.4) is 0 Å². The lowest BCUT2D eigenvalue weighted by atomic mass is 10.3. The zero-order valence-electron chi connectivity index (χ0n) is 10.6. The van der Waals surface area contributed by atoms with E-state index >= 15 is 0 Å². The van der Waals surface area contributed by atoms with Gasteiger partial charge in [-0.3, -0.25) is 4.21 Å². The molecule has 2 N–H and O–H groups in total. The zero-order chi connectivity index (χ0) is 12.7. The molecule has 6 heteroatoms. The summed E-state index contributed by atoms with van der Waals surface area (Å²) in [6.07, 6.45) is 4.52. The van der Waals surface area contributed by atoms with Gasteiger partial charge >= 0.3 is 0 Å². The summed E-state index contributed by atoms with van der Waals surface area (Å²) in [5, 5.41) is 6.32. The van der Waals surface area contributed by atoms with E-state index in [1.54, 1.807) is 12.5 Å². The maximum Gasteiger partial charge on any atom is 0.224 e. The standard InChI is InChI=1S/C11H20N4OS/c1-4-5-13-11-14-8-9(2)10(15-11)12-6-7-17(3)16/h8H,4-7H2,1-3H3,(H2,12,13,14,15). The summed E-state index contributed by atoms with van der Waals surface area (Å²) in [6, 6.07) is 0. The monoisotopic (exact) mass is 256 g/mol. The van der Waals surface area contributed by atoms with Gasteiger partial charge < -0.3 is 10.6 Å².